The van der Waals surface area contributed by atoms with E-state index in [1.54, 1.807) is 12.1 Å². The van der Waals surface area contributed by atoms with Crippen molar-refractivity contribution in [2.24, 2.45) is 0 Å². The fourth-order valence-electron chi connectivity index (χ4n) is 1.52. The molecule has 0 heterocycles. The fourth-order valence-corrected chi connectivity index (χ4v) is 2.20. The average molecular weight is 341 g/mol. The van der Waals surface area contributed by atoms with Crippen LogP contribution in [0.2, 0.25) is 5.02 Å². The largest absolute Gasteiger partial charge is 0.545 e. The van der Waals surface area contributed by atoms with Gasteiger partial charge in [0.15, 0.2) is 0 Å². The number of carbonyl (C=O) groups excluding carboxylic acids is 1. The Bertz CT molecular complexity index is 613. The van der Waals surface area contributed by atoms with Crippen LogP contribution >= 0.6 is 27.5 Å². The number of benzene rings is 2. The molecule has 0 amide bonds. The van der Waals surface area contributed by atoms with Gasteiger partial charge in [-0.15, -0.1) is 0 Å². The first-order valence-electron chi connectivity index (χ1n) is 5.45. The highest BCUT2D eigenvalue weighted by Crippen LogP contribution is 2.27. The minimum atomic E-state index is -1.22. The van der Waals surface area contributed by atoms with Crippen molar-refractivity contribution in [3.8, 4) is 5.75 Å². The Kier molecular flexibility index (Phi) is 4.45. The first kappa shape index (κ1) is 13.9. The van der Waals surface area contributed by atoms with Gasteiger partial charge in [0.2, 0.25) is 0 Å². The van der Waals surface area contributed by atoms with E-state index in [-0.39, 0.29) is 5.56 Å². The standard InChI is InChI=1S/C14H10BrClO3/c15-11-7-9(14(17)18)5-6-13(11)19-8-10-3-1-2-4-12(10)16/h1-7H,8H2,(H,17,18)/p-1. The Morgan fingerprint density at radius 2 is 2.00 bits per heavy atom. The van der Waals surface area contributed by atoms with Gasteiger partial charge in [-0.1, -0.05) is 29.8 Å². The lowest BCUT2D eigenvalue weighted by Gasteiger charge is -2.11. The molecule has 5 heteroatoms. The van der Waals surface area contributed by atoms with E-state index in [1.807, 2.05) is 18.2 Å². The lowest BCUT2D eigenvalue weighted by Crippen LogP contribution is -2.22. The Morgan fingerprint density at radius 3 is 2.63 bits per heavy atom. The van der Waals surface area contributed by atoms with Crippen LogP contribution in [-0.2, 0) is 6.61 Å². The lowest BCUT2D eigenvalue weighted by atomic mass is 10.2. The minimum absolute atomic E-state index is 0.0944. The zero-order valence-corrected chi connectivity index (χ0v) is 12.1. The van der Waals surface area contributed by atoms with Crippen LogP contribution in [0.5, 0.6) is 5.75 Å². The van der Waals surface area contributed by atoms with E-state index in [9.17, 15) is 9.90 Å². The predicted molar refractivity (Wildman–Crippen MR) is 74.3 cm³/mol. The normalized spacial score (nSPS) is 10.2. The van der Waals surface area contributed by atoms with Gasteiger partial charge in [0, 0.05) is 10.6 Å². The van der Waals surface area contributed by atoms with Crippen molar-refractivity contribution in [1.29, 1.82) is 0 Å². The Balaban J connectivity index is 2.12. The summed E-state index contributed by atoms with van der Waals surface area (Å²) >= 11 is 9.28. The van der Waals surface area contributed by atoms with Gasteiger partial charge in [-0.2, -0.15) is 0 Å². The van der Waals surface area contributed by atoms with Gasteiger partial charge < -0.3 is 14.6 Å². The molecule has 0 aliphatic carbocycles. The van der Waals surface area contributed by atoms with E-state index in [1.165, 1.54) is 12.1 Å². The van der Waals surface area contributed by atoms with E-state index in [0.29, 0.717) is 21.9 Å². The molecule has 2 aromatic rings. The van der Waals surface area contributed by atoms with Crippen LogP contribution in [-0.4, -0.2) is 5.97 Å². The van der Waals surface area contributed by atoms with Crippen LogP contribution in [0, 0.1) is 0 Å². The smallest absolute Gasteiger partial charge is 0.134 e. The highest BCUT2D eigenvalue weighted by atomic mass is 79.9. The van der Waals surface area contributed by atoms with Crippen molar-refractivity contribution in [3.63, 3.8) is 0 Å². The number of ether oxygens (including phenoxy) is 1. The predicted octanol–water partition coefficient (Wildman–Crippen LogP) is 3.05. The second-order valence-corrected chi connectivity index (χ2v) is 5.07. The van der Waals surface area contributed by atoms with Gasteiger partial charge in [0.05, 0.1) is 10.4 Å². The summed E-state index contributed by atoms with van der Waals surface area (Å²) in [6.45, 7) is 0.308. The highest BCUT2D eigenvalue weighted by Gasteiger charge is 2.05. The number of carboxylic acid groups (broad SMARTS) is 1. The van der Waals surface area contributed by atoms with Gasteiger partial charge in [0.25, 0.3) is 0 Å². The summed E-state index contributed by atoms with van der Waals surface area (Å²) in [5.41, 5.74) is 0.956. The second-order valence-electron chi connectivity index (χ2n) is 3.81. The van der Waals surface area contributed by atoms with Gasteiger partial charge in [0.1, 0.15) is 12.4 Å². The molecule has 0 unspecified atom stereocenters. The maximum Gasteiger partial charge on any atom is 0.134 e. The van der Waals surface area contributed by atoms with E-state index in [0.717, 1.165) is 5.56 Å². The number of hydrogen-bond acceptors (Lipinski definition) is 3. The Hall–Kier alpha value is -1.52. The molecule has 0 spiro atoms. The topological polar surface area (TPSA) is 49.4 Å². The maximum atomic E-state index is 10.7. The third kappa shape index (κ3) is 3.49. The SMILES string of the molecule is O=C([O-])c1ccc(OCc2ccccc2Cl)c(Br)c1. The third-order valence-electron chi connectivity index (χ3n) is 2.51. The Morgan fingerprint density at radius 1 is 1.26 bits per heavy atom. The molecule has 0 saturated heterocycles. The molecule has 0 aliphatic heterocycles. The van der Waals surface area contributed by atoms with E-state index in [4.69, 9.17) is 16.3 Å². The van der Waals surface area contributed by atoms with Crippen molar-refractivity contribution >= 4 is 33.5 Å². The summed E-state index contributed by atoms with van der Waals surface area (Å²) in [5.74, 6) is -0.678. The molecule has 3 nitrogen and oxygen atoms in total. The molecular formula is C14H9BrClO3-. The van der Waals surface area contributed by atoms with Crippen LogP contribution < -0.4 is 9.84 Å². The van der Waals surface area contributed by atoms with Crippen LogP contribution in [0.1, 0.15) is 15.9 Å². The zero-order chi connectivity index (χ0) is 13.8. The highest BCUT2D eigenvalue weighted by molar-refractivity contribution is 9.10. The molecule has 19 heavy (non-hydrogen) atoms. The summed E-state index contributed by atoms with van der Waals surface area (Å²) in [4.78, 5) is 10.7. The first-order chi connectivity index (χ1) is 9.08. The number of carbonyl (C=O) groups is 1. The van der Waals surface area contributed by atoms with Crippen molar-refractivity contribution in [3.05, 3.63) is 63.1 Å². The van der Waals surface area contributed by atoms with E-state index >= 15 is 0 Å². The fraction of sp³-hybridized carbons (Fsp3) is 0.0714. The van der Waals surface area contributed by atoms with Crippen molar-refractivity contribution in [2.75, 3.05) is 0 Å². The molecular weight excluding hydrogens is 332 g/mol. The molecule has 0 saturated carbocycles. The number of halogens is 2. The third-order valence-corrected chi connectivity index (χ3v) is 3.50. The summed E-state index contributed by atoms with van der Waals surface area (Å²) in [7, 11) is 0. The molecule has 2 aromatic carbocycles. The average Bonchev–Trinajstić information content (AvgIpc) is 2.39. The number of rotatable bonds is 4. The van der Waals surface area contributed by atoms with E-state index in [2.05, 4.69) is 15.9 Å². The van der Waals surface area contributed by atoms with Crippen LogP contribution in [0.4, 0.5) is 0 Å². The molecule has 0 N–H and O–H groups in total. The molecule has 2 rings (SSSR count). The first-order valence-corrected chi connectivity index (χ1v) is 6.62. The van der Waals surface area contributed by atoms with E-state index < -0.39 is 5.97 Å². The summed E-state index contributed by atoms with van der Waals surface area (Å²) in [6.07, 6.45) is 0. The van der Waals surface area contributed by atoms with Crippen molar-refractivity contribution in [1.82, 2.24) is 0 Å². The molecule has 0 aromatic heterocycles. The molecule has 0 fully saturated rings. The minimum Gasteiger partial charge on any atom is -0.545 e. The molecule has 0 bridgehead atoms. The number of aromatic carboxylic acids is 1. The maximum absolute atomic E-state index is 10.7. The van der Waals surface area contributed by atoms with Crippen molar-refractivity contribution in [2.45, 2.75) is 6.61 Å². The van der Waals surface area contributed by atoms with Gasteiger partial charge in [-0.05, 0) is 45.8 Å². The summed E-state index contributed by atoms with van der Waals surface area (Å²) in [6, 6.07) is 11.8. The van der Waals surface area contributed by atoms with Gasteiger partial charge in [-0.3, -0.25) is 0 Å². The van der Waals surface area contributed by atoms with Crippen molar-refractivity contribution < 1.29 is 14.6 Å². The second kappa shape index (κ2) is 6.08. The number of carboxylic acids is 1. The summed E-state index contributed by atoms with van der Waals surface area (Å²) < 4.78 is 6.15. The molecule has 0 atom stereocenters. The number of hydrogen-bond donors (Lipinski definition) is 0. The molecule has 0 radical (unpaired) electrons. The van der Waals surface area contributed by atoms with Gasteiger partial charge >= 0.3 is 0 Å². The van der Waals surface area contributed by atoms with Crippen LogP contribution in [0.25, 0.3) is 0 Å². The molecule has 0 aliphatic rings. The quantitative estimate of drug-likeness (QED) is 0.859. The monoisotopic (exact) mass is 339 g/mol. The summed E-state index contributed by atoms with van der Waals surface area (Å²) in [5, 5.41) is 11.3. The van der Waals surface area contributed by atoms with Gasteiger partial charge in [-0.25, -0.2) is 0 Å². The van der Waals surface area contributed by atoms with Crippen LogP contribution in [0.3, 0.4) is 0 Å². The van der Waals surface area contributed by atoms with Crippen LogP contribution in [0.15, 0.2) is 46.9 Å². The zero-order valence-electron chi connectivity index (χ0n) is 9.73. The molecule has 98 valence electrons. The lowest BCUT2D eigenvalue weighted by molar-refractivity contribution is -0.255. The Labute approximate surface area is 123 Å².